The predicted octanol–water partition coefficient (Wildman–Crippen LogP) is 3.34. The molecule has 13 heteroatoms. The van der Waals surface area contributed by atoms with Crippen molar-refractivity contribution in [3.05, 3.63) is 75.2 Å². The molecular formula is C23H16F3N9O. The number of hydrogen-bond acceptors (Lipinski definition) is 8. The first-order valence-corrected chi connectivity index (χ1v) is 10.9. The largest absolute Gasteiger partial charge is 0.433 e. The van der Waals surface area contributed by atoms with Crippen molar-refractivity contribution in [3.8, 4) is 12.1 Å². The van der Waals surface area contributed by atoms with Crippen molar-refractivity contribution in [2.75, 3.05) is 0 Å². The van der Waals surface area contributed by atoms with Crippen LogP contribution in [-0.4, -0.2) is 34.7 Å². The van der Waals surface area contributed by atoms with E-state index in [0.717, 1.165) is 18.7 Å². The molecule has 1 fully saturated rings. The number of aromatic nitrogens is 7. The van der Waals surface area contributed by atoms with Gasteiger partial charge in [-0.2, -0.15) is 28.8 Å². The summed E-state index contributed by atoms with van der Waals surface area (Å²) in [6, 6.07) is 5.33. The van der Waals surface area contributed by atoms with Crippen molar-refractivity contribution in [1.82, 2.24) is 34.7 Å². The zero-order valence-corrected chi connectivity index (χ0v) is 18.7. The first-order valence-electron chi connectivity index (χ1n) is 10.9. The molecule has 3 atom stereocenters. The molecule has 0 saturated heterocycles. The van der Waals surface area contributed by atoms with E-state index in [9.17, 15) is 23.2 Å². The lowest BCUT2D eigenvalue weighted by Gasteiger charge is -2.34. The Morgan fingerprint density at radius 1 is 1.08 bits per heavy atom. The van der Waals surface area contributed by atoms with Gasteiger partial charge in [-0.1, -0.05) is 6.07 Å². The van der Waals surface area contributed by atoms with Crippen LogP contribution in [0.3, 0.4) is 0 Å². The molecule has 4 aromatic heterocycles. The van der Waals surface area contributed by atoms with Crippen molar-refractivity contribution in [2.45, 2.75) is 43.8 Å². The Bertz CT molecular complexity index is 1590. The van der Waals surface area contributed by atoms with Crippen LogP contribution < -0.4 is 5.56 Å². The van der Waals surface area contributed by atoms with Crippen LogP contribution in [0.5, 0.6) is 0 Å². The molecule has 36 heavy (non-hydrogen) atoms. The third kappa shape index (κ3) is 3.84. The van der Waals surface area contributed by atoms with E-state index in [4.69, 9.17) is 5.26 Å². The molecule has 1 aliphatic carbocycles. The molecule has 180 valence electrons. The van der Waals surface area contributed by atoms with Crippen molar-refractivity contribution >= 4 is 11.0 Å². The number of alkyl halides is 3. The number of H-pyrrole nitrogens is 1. The number of rotatable bonds is 4. The number of hydrogen-bond donors (Lipinski definition) is 1. The van der Waals surface area contributed by atoms with Crippen LogP contribution in [0.4, 0.5) is 13.2 Å². The SMILES string of the molecule is C[C@@H](c1ccc(C(F)(F)F)nc1)n1nc(C#N)c2c(=O)[nH]c([C@@H]3CC[C@H]3c3ncc(C#N)cn3)nc21. The summed E-state index contributed by atoms with van der Waals surface area (Å²) in [4.78, 5) is 32.4. The Kier molecular flexibility index (Phi) is 5.48. The van der Waals surface area contributed by atoms with Gasteiger partial charge >= 0.3 is 6.18 Å². The minimum Gasteiger partial charge on any atom is -0.310 e. The molecule has 4 aromatic rings. The molecule has 0 bridgehead atoms. The second-order valence-corrected chi connectivity index (χ2v) is 8.44. The summed E-state index contributed by atoms with van der Waals surface area (Å²) in [7, 11) is 0. The second kappa shape index (κ2) is 8.53. The zero-order valence-electron chi connectivity index (χ0n) is 18.7. The van der Waals surface area contributed by atoms with Gasteiger partial charge in [-0.25, -0.2) is 19.6 Å². The topological polar surface area (TPSA) is 150 Å². The van der Waals surface area contributed by atoms with Crippen molar-refractivity contribution in [2.24, 2.45) is 0 Å². The standard InChI is InChI=1S/C23H16F3N9O/c1-11(13-2-5-17(29-10-13)23(24,25)26)35-21-18(16(7-28)34-35)22(36)33-20(32-21)15-4-3-14(15)19-30-8-12(6-27)9-31-19/h2,5,8-11,14-15H,3-4H2,1H3,(H,32,33,36)/t11-,14+,15+/m0/s1. The van der Waals surface area contributed by atoms with E-state index in [2.05, 4.69) is 30.0 Å². The van der Waals surface area contributed by atoms with Crippen LogP contribution in [-0.2, 0) is 6.18 Å². The highest BCUT2D eigenvalue weighted by Crippen LogP contribution is 2.46. The summed E-state index contributed by atoms with van der Waals surface area (Å²) in [5.74, 6) is 0.581. The van der Waals surface area contributed by atoms with Gasteiger partial charge in [-0.15, -0.1) is 0 Å². The fraction of sp³-hybridized carbons (Fsp3) is 0.304. The summed E-state index contributed by atoms with van der Waals surface area (Å²) in [6.45, 7) is 1.66. The molecule has 1 N–H and O–H groups in total. The van der Waals surface area contributed by atoms with Crippen LogP contribution >= 0.6 is 0 Å². The lowest BCUT2D eigenvalue weighted by Crippen LogP contribution is -2.28. The van der Waals surface area contributed by atoms with Gasteiger partial charge in [0.1, 0.15) is 34.9 Å². The number of nitriles is 2. The van der Waals surface area contributed by atoms with E-state index in [0.29, 0.717) is 29.2 Å². The third-order valence-electron chi connectivity index (χ3n) is 6.37. The van der Waals surface area contributed by atoms with Crippen molar-refractivity contribution in [3.63, 3.8) is 0 Å². The minimum atomic E-state index is -4.57. The van der Waals surface area contributed by atoms with Crippen LogP contribution in [0, 0.1) is 22.7 Å². The first kappa shape index (κ1) is 23.1. The highest BCUT2D eigenvalue weighted by Gasteiger charge is 2.38. The summed E-state index contributed by atoms with van der Waals surface area (Å²) in [5, 5.41) is 22.7. The molecular weight excluding hydrogens is 475 g/mol. The molecule has 4 heterocycles. The Morgan fingerprint density at radius 2 is 1.81 bits per heavy atom. The summed E-state index contributed by atoms with van der Waals surface area (Å²) in [5.41, 5.74) is -0.835. The van der Waals surface area contributed by atoms with Crippen LogP contribution in [0.1, 0.15) is 71.8 Å². The lowest BCUT2D eigenvalue weighted by molar-refractivity contribution is -0.141. The van der Waals surface area contributed by atoms with Gasteiger partial charge < -0.3 is 4.98 Å². The van der Waals surface area contributed by atoms with Gasteiger partial charge in [0, 0.05) is 30.4 Å². The number of aromatic amines is 1. The molecule has 0 amide bonds. The summed E-state index contributed by atoms with van der Waals surface area (Å²) >= 11 is 0. The molecule has 5 rings (SSSR count). The highest BCUT2D eigenvalue weighted by molar-refractivity contribution is 5.80. The van der Waals surface area contributed by atoms with Gasteiger partial charge in [0.05, 0.1) is 11.6 Å². The Hall–Kier alpha value is -4.65. The van der Waals surface area contributed by atoms with Gasteiger partial charge in [0.15, 0.2) is 11.3 Å². The fourth-order valence-corrected chi connectivity index (χ4v) is 4.27. The number of pyridine rings is 1. The Balaban J connectivity index is 1.55. The van der Waals surface area contributed by atoms with Gasteiger partial charge in [-0.05, 0) is 31.4 Å². The third-order valence-corrected chi connectivity index (χ3v) is 6.37. The van der Waals surface area contributed by atoms with Gasteiger partial charge in [-0.3, -0.25) is 9.78 Å². The molecule has 0 unspecified atom stereocenters. The van der Waals surface area contributed by atoms with Gasteiger partial charge in [0.2, 0.25) is 0 Å². The predicted molar refractivity (Wildman–Crippen MR) is 117 cm³/mol. The van der Waals surface area contributed by atoms with Crippen molar-refractivity contribution < 1.29 is 13.2 Å². The summed E-state index contributed by atoms with van der Waals surface area (Å²) in [6.07, 6.45) is 0.853. The Labute approximate surface area is 201 Å². The lowest BCUT2D eigenvalue weighted by atomic mass is 9.72. The number of nitrogens with zero attached hydrogens (tertiary/aromatic N) is 8. The fourth-order valence-electron chi connectivity index (χ4n) is 4.27. The minimum absolute atomic E-state index is 0.00142. The quantitative estimate of drug-likeness (QED) is 0.457. The second-order valence-electron chi connectivity index (χ2n) is 8.44. The van der Waals surface area contributed by atoms with Crippen LogP contribution in [0.25, 0.3) is 11.0 Å². The van der Waals surface area contributed by atoms with E-state index < -0.39 is 23.5 Å². The number of halogens is 3. The Morgan fingerprint density at radius 3 is 2.36 bits per heavy atom. The normalized spacial score (nSPS) is 18.3. The zero-order chi connectivity index (χ0) is 25.6. The van der Waals surface area contributed by atoms with Crippen LogP contribution in [0.2, 0.25) is 0 Å². The first-order chi connectivity index (χ1) is 17.2. The molecule has 0 aromatic carbocycles. The van der Waals surface area contributed by atoms with E-state index in [1.54, 1.807) is 6.92 Å². The van der Waals surface area contributed by atoms with E-state index >= 15 is 0 Å². The maximum absolute atomic E-state index is 13.0. The highest BCUT2D eigenvalue weighted by atomic mass is 19.4. The molecule has 1 saturated carbocycles. The summed E-state index contributed by atoms with van der Waals surface area (Å²) < 4.78 is 40.1. The average Bonchev–Trinajstić information content (AvgIpc) is 3.22. The number of nitrogens with one attached hydrogen (secondary N) is 1. The smallest absolute Gasteiger partial charge is 0.310 e. The number of fused-ring (bicyclic) bond motifs is 1. The van der Waals surface area contributed by atoms with E-state index in [1.165, 1.54) is 23.1 Å². The maximum atomic E-state index is 13.0. The van der Waals surface area contributed by atoms with Gasteiger partial charge in [0.25, 0.3) is 5.56 Å². The monoisotopic (exact) mass is 491 g/mol. The molecule has 10 nitrogen and oxygen atoms in total. The maximum Gasteiger partial charge on any atom is 0.433 e. The van der Waals surface area contributed by atoms with E-state index in [-0.39, 0.29) is 28.6 Å². The molecule has 1 aliphatic rings. The van der Waals surface area contributed by atoms with Crippen LogP contribution in [0.15, 0.2) is 35.5 Å². The molecule has 0 aliphatic heterocycles. The van der Waals surface area contributed by atoms with E-state index in [1.807, 2.05) is 12.1 Å². The molecule has 0 spiro atoms. The van der Waals surface area contributed by atoms with Crippen molar-refractivity contribution in [1.29, 1.82) is 10.5 Å². The average molecular weight is 491 g/mol. The molecule has 0 radical (unpaired) electrons.